The molecule has 0 amide bonds. The number of thiophene rings is 2. The molecule has 5 N–H and O–H groups in total. The van der Waals surface area contributed by atoms with Gasteiger partial charge in [-0.1, -0.05) is 0 Å². The van der Waals surface area contributed by atoms with Crippen molar-refractivity contribution in [3.8, 4) is 32.6 Å². The van der Waals surface area contributed by atoms with Gasteiger partial charge in [-0.15, -0.1) is 22.7 Å². The highest BCUT2D eigenvalue weighted by atomic mass is 32.1. The molecule has 16 nitrogen and oxygen atoms in total. The van der Waals surface area contributed by atoms with Crippen LogP contribution in [0.2, 0.25) is 0 Å². The van der Waals surface area contributed by atoms with Crippen LogP contribution in [-0.4, -0.2) is 81.5 Å². The molecule has 18 heteroatoms. The van der Waals surface area contributed by atoms with Crippen molar-refractivity contribution >= 4 is 58.4 Å². The maximum Gasteiger partial charge on any atom is 0.351 e. The molecule has 0 radical (unpaired) electrons. The van der Waals surface area contributed by atoms with E-state index in [1.54, 1.807) is 30.5 Å². The highest BCUT2D eigenvalue weighted by Gasteiger charge is 2.20. The Bertz CT molecular complexity index is 1750. The Hall–Kier alpha value is -5.36. The number of aromatic nitrogens is 4. The summed E-state index contributed by atoms with van der Waals surface area (Å²) in [7, 11) is 4.24. The number of nitrogens with zero attached hydrogens (tertiary/aromatic N) is 4. The molecular weight excluding hydrogens is 705 g/mol. The molecule has 278 valence electrons. The van der Waals surface area contributed by atoms with E-state index in [0.717, 1.165) is 16.2 Å². The summed E-state index contributed by atoms with van der Waals surface area (Å²) in [5, 5.41) is 8.98. The van der Waals surface area contributed by atoms with E-state index in [1.807, 2.05) is 41.5 Å². The van der Waals surface area contributed by atoms with Gasteiger partial charge < -0.3 is 40.3 Å². The molecule has 0 aromatic carbocycles. The second-order valence-electron chi connectivity index (χ2n) is 11.8. The Morgan fingerprint density at radius 2 is 1.06 bits per heavy atom. The SMILES string of the molecule is CC(=O)OC(C)(C)C.CC(=O)OC(C)(C)C.COC(=O)c1sc(-c2ccnc(N)n2)cc1OC.COc1cc(-c2ccnc(N)n2)sc1C(=O)O. The fourth-order valence-corrected chi connectivity index (χ4v) is 5.52. The van der Waals surface area contributed by atoms with Crippen molar-refractivity contribution in [1.29, 1.82) is 0 Å². The molecule has 4 aromatic rings. The molecule has 0 atom stereocenters. The molecular formula is C33H44N6O10S2. The van der Waals surface area contributed by atoms with Crippen LogP contribution in [0.3, 0.4) is 0 Å². The number of methoxy groups -OCH3 is 3. The molecule has 4 rings (SSSR count). The molecule has 0 fully saturated rings. The summed E-state index contributed by atoms with van der Waals surface area (Å²) in [6.07, 6.45) is 3.08. The molecule has 0 aliphatic carbocycles. The summed E-state index contributed by atoms with van der Waals surface area (Å²) < 4.78 is 24.4. The highest BCUT2D eigenvalue weighted by molar-refractivity contribution is 7.18. The van der Waals surface area contributed by atoms with E-state index in [9.17, 15) is 19.2 Å². The zero-order valence-corrected chi connectivity index (χ0v) is 32.0. The Kier molecular flexibility index (Phi) is 16.9. The lowest BCUT2D eigenvalue weighted by Crippen LogP contribution is -2.21. The summed E-state index contributed by atoms with van der Waals surface area (Å²) in [5.41, 5.74) is 11.5. The van der Waals surface area contributed by atoms with Crippen LogP contribution in [0.25, 0.3) is 21.1 Å². The van der Waals surface area contributed by atoms with E-state index in [-0.39, 0.29) is 39.9 Å². The average molecular weight is 749 g/mol. The number of carboxylic acid groups (broad SMARTS) is 1. The zero-order chi connectivity index (χ0) is 39.1. The number of esters is 3. The quantitative estimate of drug-likeness (QED) is 0.157. The Morgan fingerprint density at radius 3 is 1.31 bits per heavy atom. The largest absolute Gasteiger partial charge is 0.495 e. The van der Waals surface area contributed by atoms with Crippen molar-refractivity contribution < 1.29 is 48.0 Å². The summed E-state index contributed by atoms with van der Waals surface area (Å²) in [6.45, 7) is 13.9. The summed E-state index contributed by atoms with van der Waals surface area (Å²) in [4.78, 5) is 60.7. The fourth-order valence-electron chi connectivity index (χ4n) is 3.57. The van der Waals surface area contributed by atoms with Gasteiger partial charge in [0, 0.05) is 38.4 Å². The predicted molar refractivity (Wildman–Crippen MR) is 194 cm³/mol. The normalized spacial score (nSPS) is 10.4. The van der Waals surface area contributed by atoms with Crippen LogP contribution in [0.1, 0.15) is 74.7 Å². The third-order valence-corrected chi connectivity index (χ3v) is 7.40. The number of rotatable bonds is 6. The number of nitrogens with two attached hydrogens (primary N) is 2. The topological polar surface area (TPSA) is 238 Å². The standard InChI is InChI=1S/C11H11N3O3S.C10H9N3O3S.2C6H12O2/c1-16-7-5-8(18-9(7)10(15)17-2)6-3-4-13-11(12)14-6;1-16-6-4-7(17-8(6)9(14)15)5-2-3-12-10(11)13-5;2*1-5(7)8-6(2,3)4/h3-5H,1-2H3,(H2,12,13,14);2-4H,1H3,(H,14,15)(H2,11,12,13);2*1-4H3. The van der Waals surface area contributed by atoms with Gasteiger partial charge >= 0.3 is 23.9 Å². The minimum Gasteiger partial charge on any atom is -0.495 e. The highest BCUT2D eigenvalue weighted by Crippen LogP contribution is 2.36. The minimum atomic E-state index is -1.03. The van der Waals surface area contributed by atoms with Gasteiger partial charge in [-0.3, -0.25) is 9.59 Å². The van der Waals surface area contributed by atoms with Crippen LogP contribution in [0.5, 0.6) is 11.5 Å². The van der Waals surface area contributed by atoms with E-state index in [1.165, 1.54) is 52.7 Å². The van der Waals surface area contributed by atoms with Crippen LogP contribution in [0.15, 0.2) is 36.7 Å². The maximum absolute atomic E-state index is 11.6. The molecule has 0 saturated carbocycles. The first-order chi connectivity index (χ1) is 23.6. The number of hydrogen-bond acceptors (Lipinski definition) is 17. The first kappa shape index (κ1) is 43.7. The van der Waals surface area contributed by atoms with E-state index >= 15 is 0 Å². The first-order valence-electron chi connectivity index (χ1n) is 14.8. The van der Waals surface area contributed by atoms with Gasteiger partial charge in [0.15, 0.2) is 9.75 Å². The fraction of sp³-hybridized carbons (Fsp3) is 0.394. The van der Waals surface area contributed by atoms with E-state index in [4.69, 9.17) is 35.5 Å². The van der Waals surface area contributed by atoms with Crippen LogP contribution in [0.4, 0.5) is 11.9 Å². The number of hydrogen-bond donors (Lipinski definition) is 3. The molecule has 0 spiro atoms. The van der Waals surface area contributed by atoms with Gasteiger partial charge in [0.2, 0.25) is 11.9 Å². The number of aromatic carboxylic acids is 1. The van der Waals surface area contributed by atoms with Gasteiger partial charge in [0.05, 0.1) is 42.5 Å². The van der Waals surface area contributed by atoms with Gasteiger partial charge in [-0.25, -0.2) is 29.5 Å². The number of nitrogen functional groups attached to an aromatic ring is 2. The lowest BCUT2D eigenvalue weighted by molar-refractivity contribution is -0.153. The minimum absolute atomic E-state index is 0.139. The molecule has 4 heterocycles. The van der Waals surface area contributed by atoms with Crippen molar-refractivity contribution in [2.24, 2.45) is 0 Å². The number of anilines is 2. The molecule has 0 bridgehead atoms. The Labute approximate surface area is 304 Å². The lowest BCUT2D eigenvalue weighted by Gasteiger charge is -2.17. The number of ether oxygens (including phenoxy) is 5. The monoisotopic (exact) mass is 748 g/mol. The number of carbonyl (C=O) groups is 4. The first-order valence-corrected chi connectivity index (χ1v) is 16.5. The van der Waals surface area contributed by atoms with E-state index in [2.05, 4.69) is 24.7 Å². The Morgan fingerprint density at radius 1 is 0.686 bits per heavy atom. The summed E-state index contributed by atoms with van der Waals surface area (Å²) in [6, 6.07) is 6.71. The maximum atomic E-state index is 11.6. The molecule has 0 aliphatic heterocycles. The van der Waals surface area contributed by atoms with Gasteiger partial charge in [-0.05, 0) is 53.7 Å². The third-order valence-electron chi connectivity index (χ3n) is 5.15. The van der Waals surface area contributed by atoms with Crippen LogP contribution in [0, 0.1) is 0 Å². The average Bonchev–Trinajstić information content (AvgIpc) is 3.65. The number of carbonyl (C=O) groups excluding carboxylic acids is 3. The van der Waals surface area contributed by atoms with Crippen molar-refractivity contribution in [2.45, 2.75) is 66.6 Å². The van der Waals surface area contributed by atoms with E-state index in [0.29, 0.717) is 32.6 Å². The van der Waals surface area contributed by atoms with Crippen molar-refractivity contribution in [3.63, 3.8) is 0 Å². The molecule has 51 heavy (non-hydrogen) atoms. The van der Waals surface area contributed by atoms with Crippen LogP contribution >= 0.6 is 22.7 Å². The zero-order valence-electron chi connectivity index (χ0n) is 30.3. The van der Waals surface area contributed by atoms with Crippen LogP contribution < -0.4 is 20.9 Å². The third kappa shape index (κ3) is 16.3. The molecule has 0 unspecified atom stereocenters. The molecule has 4 aromatic heterocycles. The van der Waals surface area contributed by atoms with Gasteiger partial charge in [0.25, 0.3) is 0 Å². The Balaban J connectivity index is 0.000000365. The van der Waals surface area contributed by atoms with Crippen molar-refractivity contribution in [1.82, 2.24) is 19.9 Å². The summed E-state index contributed by atoms with van der Waals surface area (Å²) >= 11 is 2.32. The van der Waals surface area contributed by atoms with E-state index < -0.39 is 11.9 Å². The predicted octanol–water partition coefficient (Wildman–Crippen LogP) is 5.77. The lowest BCUT2D eigenvalue weighted by atomic mass is 10.2. The van der Waals surface area contributed by atoms with Gasteiger partial charge in [-0.2, -0.15) is 0 Å². The van der Waals surface area contributed by atoms with Crippen molar-refractivity contribution in [2.75, 3.05) is 32.8 Å². The second kappa shape index (κ2) is 19.7. The van der Waals surface area contributed by atoms with Gasteiger partial charge in [0.1, 0.15) is 22.7 Å². The second-order valence-corrected chi connectivity index (χ2v) is 13.9. The number of carboxylic acids is 1. The molecule has 0 saturated heterocycles. The summed E-state index contributed by atoms with van der Waals surface area (Å²) in [5.74, 6) is -0.819. The van der Waals surface area contributed by atoms with Crippen LogP contribution in [-0.2, 0) is 23.8 Å². The van der Waals surface area contributed by atoms with Crippen molar-refractivity contribution in [3.05, 3.63) is 46.4 Å². The smallest absolute Gasteiger partial charge is 0.351 e. The molecule has 0 aliphatic rings.